The van der Waals surface area contributed by atoms with E-state index in [1.54, 1.807) is 28.6 Å². The highest BCUT2D eigenvalue weighted by molar-refractivity contribution is 7.89. The lowest BCUT2D eigenvalue weighted by molar-refractivity contribution is -0.117. The molecule has 4 rings (SSSR count). The number of ether oxygens (including phenoxy) is 2. The third-order valence-electron chi connectivity index (χ3n) is 5.81. The molecule has 1 saturated heterocycles. The minimum atomic E-state index is -3.50. The maximum atomic E-state index is 12.9. The summed E-state index contributed by atoms with van der Waals surface area (Å²) in [5.74, 6) is 1.30. The van der Waals surface area contributed by atoms with Crippen LogP contribution in [0.5, 0.6) is 11.5 Å². The van der Waals surface area contributed by atoms with Crippen molar-refractivity contribution in [3.8, 4) is 11.5 Å². The molecule has 2 aromatic carbocycles. The van der Waals surface area contributed by atoms with E-state index in [4.69, 9.17) is 9.47 Å². The standard InChI is InChI=1S/C24H31N3O5S/c1-26(17-19-6-11-22-23(16-19)32-15-14-31-22)18-24(28)25-20-7-9-21(10-8-20)33(29,30)27-12-4-2-3-5-13-27/h6-11,16H,2-5,12-15,17-18H2,1H3,(H,25,28). The molecule has 2 heterocycles. The maximum absolute atomic E-state index is 12.9. The number of carbonyl (C=O) groups excluding carboxylic acids is 1. The van der Waals surface area contributed by atoms with Crippen LogP contribution in [0.1, 0.15) is 31.2 Å². The van der Waals surface area contributed by atoms with Crippen molar-refractivity contribution < 1.29 is 22.7 Å². The van der Waals surface area contributed by atoms with Crippen molar-refractivity contribution in [1.82, 2.24) is 9.21 Å². The highest BCUT2D eigenvalue weighted by Gasteiger charge is 2.25. The number of anilines is 1. The van der Waals surface area contributed by atoms with Gasteiger partial charge in [-0.15, -0.1) is 0 Å². The predicted molar refractivity (Wildman–Crippen MR) is 126 cm³/mol. The first-order valence-corrected chi connectivity index (χ1v) is 12.8. The Labute approximate surface area is 195 Å². The molecule has 0 bridgehead atoms. The van der Waals surface area contributed by atoms with Crippen molar-refractivity contribution >= 4 is 21.6 Å². The van der Waals surface area contributed by atoms with E-state index >= 15 is 0 Å². The molecule has 1 amide bonds. The molecule has 2 aliphatic rings. The monoisotopic (exact) mass is 473 g/mol. The Bertz CT molecular complexity index is 1060. The Morgan fingerprint density at radius 3 is 2.33 bits per heavy atom. The van der Waals surface area contributed by atoms with Crippen LogP contribution in [0, 0.1) is 0 Å². The fraction of sp³-hybridized carbons (Fsp3) is 0.458. The van der Waals surface area contributed by atoms with E-state index in [2.05, 4.69) is 5.32 Å². The molecule has 0 spiro atoms. The average Bonchev–Trinajstić information content (AvgIpc) is 3.09. The smallest absolute Gasteiger partial charge is 0.243 e. The van der Waals surface area contributed by atoms with Crippen LogP contribution in [0.2, 0.25) is 0 Å². The number of amides is 1. The fourth-order valence-electron chi connectivity index (χ4n) is 4.14. The largest absolute Gasteiger partial charge is 0.486 e. The number of sulfonamides is 1. The second kappa shape index (κ2) is 10.5. The number of fused-ring (bicyclic) bond motifs is 1. The fourth-order valence-corrected chi connectivity index (χ4v) is 5.66. The summed E-state index contributed by atoms with van der Waals surface area (Å²) >= 11 is 0. The number of nitrogens with one attached hydrogen (secondary N) is 1. The van der Waals surface area contributed by atoms with Crippen LogP contribution >= 0.6 is 0 Å². The number of hydrogen-bond donors (Lipinski definition) is 1. The molecule has 2 aromatic rings. The first kappa shape index (κ1) is 23.5. The van der Waals surface area contributed by atoms with E-state index < -0.39 is 10.0 Å². The van der Waals surface area contributed by atoms with Crippen molar-refractivity contribution in [1.29, 1.82) is 0 Å². The molecule has 9 heteroatoms. The Morgan fingerprint density at radius 2 is 1.64 bits per heavy atom. The van der Waals surface area contributed by atoms with Gasteiger partial charge in [-0.1, -0.05) is 18.9 Å². The molecule has 0 aliphatic carbocycles. The number of benzene rings is 2. The highest BCUT2D eigenvalue weighted by Crippen LogP contribution is 2.31. The van der Waals surface area contributed by atoms with E-state index in [1.165, 1.54) is 0 Å². The molecule has 178 valence electrons. The first-order chi connectivity index (χ1) is 15.9. The SMILES string of the molecule is CN(CC(=O)Nc1ccc(S(=O)(=O)N2CCCCCC2)cc1)Cc1ccc2c(c1)OCCO2. The predicted octanol–water partition coefficient (Wildman–Crippen LogP) is 3.09. The van der Waals surface area contributed by atoms with Crippen molar-refractivity contribution in [2.45, 2.75) is 37.1 Å². The topological polar surface area (TPSA) is 88.2 Å². The van der Waals surface area contributed by atoms with Crippen LogP contribution < -0.4 is 14.8 Å². The van der Waals surface area contributed by atoms with Crippen molar-refractivity contribution in [3.05, 3.63) is 48.0 Å². The van der Waals surface area contributed by atoms with Gasteiger partial charge in [0.1, 0.15) is 13.2 Å². The van der Waals surface area contributed by atoms with Gasteiger partial charge in [-0.05, 0) is 61.9 Å². The van der Waals surface area contributed by atoms with Gasteiger partial charge in [0.25, 0.3) is 0 Å². The molecule has 0 unspecified atom stereocenters. The number of nitrogens with zero attached hydrogens (tertiary/aromatic N) is 2. The third-order valence-corrected chi connectivity index (χ3v) is 7.73. The van der Waals surface area contributed by atoms with Crippen molar-refractivity contribution in [3.63, 3.8) is 0 Å². The number of likely N-dealkylation sites (N-methyl/N-ethyl adjacent to an activating group) is 1. The second-order valence-electron chi connectivity index (χ2n) is 8.54. The second-order valence-corrected chi connectivity index (χ2v) is 10.5. The summed E-state index contributed by atoms with van der Waals surface area (Å²) in [6, 6.07) is 12.2. The van der Waals surface area contributed by atoms with E-state index in [1.807, 2.05) is 30.1 Å². The van der Waals surface area contributed by atoms with Gasteiger partial charge < -0.3 is 14.8 Å². The molecule has 0 aromatic heterocycles. The van der Waals surface area contributed by atoms with E-state index in [-0.39, 0.29) is 17.3 Å². The Morgan fingerprint density at radius 1 is 0.970 bits per heavy atom. The summed E-state index contributed by atoms with van der Waals surface area (Å²) in [6.45, 7) is 3.00. The molecule has 1 fully saturated rings. The van der Waals surface area contributed by atoms with Gasteiger partial charge in [0, 0.05) is 25.3 Å². The zero-order chi connectivity index (χ0) is 23.3. The van der Waals surface area contributed by atoms with Crippen LogP contribution in [-0.4, -0.2) is 63.4 Å². The van der Waals surface area contributed by atoms with Gasteiger partial charge in [-0.2, -0.15) is 4.31 Å². The lowest BCUT2D eigenvalue weighted by atomic mass is 10.2. The van der Waals surface area contributed by atoms with E-state index in [9.17, 15) is 13.2 Å². The molecule has 0 saturated carbocycles. The quantitative estimate of drug-likeness (QED) is 0.665. The first-order valence-electron chi connectivity index (χ1n) is 11.4. The number of rotatable bonds is 7. The number of hydrogen-bond acceptors (Lipinski definition) is 6. The molecular formula is C24H31N3O5S. The Balaban J connectivity index is 1.31. The number of carbonyl (C=O) groups is 1. The zero-order valence-electron chi connectivity index (χ0n) is 19.0. The lowest BCUT2D eigenvalue weighted by Crippen LogP contribution is -2.32. The summed E-state index contributed by atoms with van der Waals surface area (Å²) in [4.78, 5) is 14.7. The van der Waals surface area contributed by atoms with E-state index in [0.29, 0.717) is 38.5 Å². The van der Waals surface area contributed by atoms with Crippen LogP contribution in [-0.2, 0) is 21.4 Å². The molecular weight excluding hydrogens is 442 g/mol. The average molecular weight is 474 g/mol. The third kappa shape index (κ3) is 6.04. The molecule has 1 N–H and O–H groups in total. The van der Waals surface area contributed by atoms with E-state index in [0.717, 1.165) is 42.7 Å². The van der Waals surface area contributed by atoms with Crippen molar-refractivity contribution in [2.24, 2.45) is 0 Å². The maximum Gasteiger partial charge on any atom is 0.243 e. The minimum Gasteiger partial charge on any atom is -0.486 e. The minimum absolute atomic E-state index is 0.168. The van der Waals surface area contributed by atoms with Gasteiger partial charge in [0.2, 0.25) is 15.9 Å². The van der Waals surface area contributed by atoms with Crippen LogP contribution in [0.3, 0.4) is 0 Å². The molecule has 2 aliphatic heterocycles. The Hall–Kier alpha value is -2.62. The molecule has 0 atom stereocenters. The Kier molecular flexibility index (Phi) is 7.52. The summed E-state index contributed by atoms with van der Waals surface area (Å²) < 4.78 is 38.5. The summed E-state index contributed by atoms with van der Waals surface area (Å²) in [5, 5.41) is 2.84. The zero-order valence-corrected chi connectivity index (χ0v) is 19.8. The lowest BCUT2D eigenvalue weighted by Gasteiger charge is -2.21. The molecule has 0 radical (unpaired) electrons. The normalized spacial score (nSPS) is 16.9. The van der Waals surface area contributed by atoms with Gasteiger partial charge in [-0.25, -0.2) is 8.42 Å². The summed E-state index contributed by atoms with van der Waals surface area (Å²) in [6.07, 6.45) is 3.93. The van der Waals surface area contributed by atoms with Gasteiger partial charge in [0.05, 0.1) is 11.4 Å². The van der Waals surface area contributed by atoms with Crippen LogP contribution in [0.15, 0.2) is 47.4 Å². The van der Waals surface area contributed by atoms with Crippen LogP contribution in [0.25, 0.3) is 0 Å². The van der Waals surface area contributed by atoms with Crippen LogP contribution in [0.4, 0.5) is 5.69 Å². The molecule has 8 nitrogen and oxygen atoms in total. The van der Waals surface area contributed by atoms with Gasteiger partial charge in [-0.3, -0.25) is 9.69 Å². The van der Waals surface area contributed by atoms with Crippen molar-refractivity contribution in [2.75, 3.05) is 45.2 Å². The summed E-state index contributed by atoms with van der Waals surface area (Å²) in [5.41, 5.74) is 1.60. The highest BCUT2D eigenvalue weighted by atomic mass is 32.2. The summed E-state index contributed by atoms with van der Waals surface area (Å²) in [7, 11) is -1.63. The van der Waals surface area contributed by atoms with Gasteiger partial charge in [0.15, 0.2) is 11.5 Å². The molecule has 33 heavy (non-hydrogen) atoms. The van der Waals surface area contributed by atoms with Gasteiger partial charge >= 0.3 is 0 Å².